The van der Waals surface area contributed by atoms with Crippen LogP contribution in [-0.2, 0) is 6.42 Å². The first-order valence-corrected chi connectivity index (χ1v) is 12.4. The topological polar surface area (TPSA) is 89.0 Å². The van der Waals surface area contributed by atoms with Crippen LogP contribution in [0.25, 0.3) is 10.9 Å². The number of carbonyl (C=O) groups is 2. The highest BCUT2D eigenvalue weighted by Gasteiger charge is 2.25. The summed E-state index contributed by atoms with van der Waals surface area (Å²) in [4.78, 5) is 31.7. The minimum absolute atomic E-state index is 0.0223. The van der Waals surface area contributed by atoms with Crippen LogP contribution in [0.5, 0.6) is 0 Å². The first-order valence-electron chi connectivity index (χ1n) is 12.4. The number of carbonyl (C=O) groups excluding carboxylic acids is 2. The highest BCUT2D eigenvalue weighted by Crippen LogP contribution is 2.26. The Morgan fingerprint density at radius 2 is 1.75 bits per heavy atom. The van der Waals surface area contributed by atoms with Gasteiger partial charge in [-0.05, 0) is 54.7 Å². The Kier molecular flexibility index (Phi) is 6.92. The van der Waals surface area contributed by atoms with Crippen LogP contribution in [0.15, 0.2) is 79.0 Å². The molecule has 3 aromatic carbocycles. The summed E-state index contributed by atoms with van der Waals surface area (Å²) in [5.41, 5.74) is 4.66. The Bertz CT molecular complexity index is 1410. The molecule has 0 spiro atoms. The normalized spacial score (nSPS) is 14.0. The molecule has 1 atom stereocenters. The molecule has 0 saturated carbocycles. The number of amides is 1. The van der Waals surface area contributed by atoms with Gasteiger partial charge in [0.25, 0.3) is 5.91 Å². The highest BCUT2D eigenvalue weighted by molar-refractivity contribution is 6.11. The molecule has 1 amide bonds. The summed E-state index contributed by atoms with van der Waals surface area (Å²) in [6.45, 7) is 2.21. The van der Waals surface area contributed by atoms with Gasteiger partial charge in [0.05, 0.1) is 17.7 Å². The number of benzene rings is 3. The number of nitriles is 1. The van der Waals surface area contributed by atoms with Crippen LogP contribution < -0.4 is 5.32 Å². The maximum atomic E-state index is 13.8. The Balaban J connectivity index is 1.36. The van der Waals surface area contributed by atoms with E-state index in [-0.39, 0.29) is 11.7 Å². The van der Waals surface area contributed by atoms with Gasteiger partial charge in [-0.2, -0.15) is 5.26 Å². The van der Waals surface area contributed by atoms with Crippen molar-refractivity contribution in [2.75, 3.05) is 19.6 Å². The number of nitrogens with zero attached hydrogens (tertiary/aromatic N) is 2. The van der Waals surface area contributed by atoms with E-state index in [4.69, 9.17) is 5.26 Å². The molecule has 0 radical (unpaired) electrons. The van der Waals surface area contributed by atoms with Gasteiger partial charge in [0.15, 0.2) is 5.78 Å². The summed E-state index contributed by atoms with van der Waals surface area (Å²) >= 11 is 0. The molecule has 1 fully saturated rings. The molecule has 5 rings (SSSR count). The van der Waals surface area contributed by atoms with E-state index in [0.29, 0.717) is 23.2 Å². The van der Waals surface area contributed by atoms with E-state index in [2.05, 4.69) is 16.4 Å². The van der Waals surface area contributed by atoms with Gasteiger partial charge in [-0.1, -0.05) is 48.5 Å². The lowest BCUT2D eigenvalue weighted by Crippen LogP contribution is -2.30. The van der Waals surface area contributed by atoms with Crippen molar-refractivity contribution in [2.45, 2.75) is 25.3 Å². The molecule has 180 valence electrons. The summed E-state index contributed by atoms with van der Waals surface area (Å²) in [7, 11) is 0. The number of H-pyrrole nitrogens is 1. The van der Waals surface area contributed by atoms with E-state index in [1.165, 1.54) is 0 Å². The first-order chi connectivity index (χ1) is 17.6. The molecule has 4 aromatic rings. The number of fused-ring (bicyclic) bond motifs is 1. The number of ketones is 1. The summed E-state index contributed by atoms with van der Waals surface area (Å²) in [6.07, 6.45) is 4.58. The van der Waals surface area contributed by atoms with Crippen LogP contribution in [0.3, 0.4) is 0 Å². The molecule has 6 nitrogen and oxygen atoms in total. The van der Waals surface area contributed by atoms with Gasteiger partial charge in [0.1, 0.15) is 0 Å². The third kappa shape index (κ3) is 4.93. The van der Waals surface area contributed by atoms with Gasteiger partial charge in [-0.15, -0.1) is 0 Å². The Labute approximate surface area is 210 Å². The average Bonchev–Trinajstić information content (AvgIpc) is 3.61. The van der Waals surface area contributed by atoms with Crippen molar-refractivity contribution >= 4 is 22.6 Å². The molecule has 0 aliphatic carbocycles. The fourth-order valence-corrected chi connectivity index (χ4v) is 4.84. The van der Waals surface area contributed by atoms with Crippen molar-refractivity contribution in [3.05, 3.63) is 107 Å². The quantitative estimate of drug-likeness (QED) is 0.349. The molecule has 36 heavy (non-hydrogen) atoms. The van der Waals surface area contributed by atoms with Crippen molar-refractivity contribution in [3.63, 3.8) is 0 Å². The smallest absolute Gasteiger partial charge is 0.253 e. The fraction of sp³-hybridized carbons (Fsp3) is 0.233. The van der Waals surface area contributed by atoms with Gasteiger partial charge in [0, 0.05) is 47.9 Å². The summed E-state index contributed by atoms with van der Waals surface area (Å²) < 4.78 is 0. The molecule has 2 heterocycles. The van der Waals surface area contributed by atoms with Crippen LogP contribution in [0.2, 0.25) is 0 Å². The van der Waals surface area contributed by atoms with Crippen LogP contribution in [0.1, 0.15) is 56.3 Å². The first kappa shape index (κ1) is 23.5. The molecular weight excluding hydrogens is 448 g/mol. The van der Waals surface area contributed by atoms with Crippen molar-refractivity contribution in [1.82, 2.24) is 15.2 Å². The fourth-order valence-electron chi connectivity index (χ4n) is 4.84. The molecule has 0 bridgehead atoms. The minimum atomic E-state index is -0.505. The van der Waals surface area contributed by atoms with E-state index >= 15 is 0 Å². The SMILES string of the molecule is N#Cc1ccc(CCN[C@@H](C(=O)c2c[nH]c3cc(C(=O)N4CCCC4)ccc23)c2ccccc2)cc1. The third-order valence-electron chi connectivity index (χ3n) is 6.83. The highest BCUT2D eigenvalue weighted by atomic mass is 16.2. The van der Waals surface area contributed by atoms with E-state index in [9.17, 15) is 9.59 Å². The van der Waals surface area contributed by atoms with Crippen molar-refractivity contribution in [2.24, 2.45) is 0 Å². The van der Waals surface area contributed by atoms with Gasteiger partial charge < -0.3 is 15.2 Å². The van der Waals surface area contributed by atoms with Gasteiger partial charge in [0.2, 0.25) is 0 Å². The molecule has 1 aliphatic heterocycles. The monoisotopic (exact) mass is 476 g/mol. The molecule has 0 unspecified atom stereocenters. The molecule has 1 aliphatic rings. The second kappa shape index (κ2) is 10.6. The number of hydrogen-bond acceptors (Lipinski definition) is 4. The summed E-state index contributed by atoms with van der Waals surface area (Å²) in [6, 6.07) is 24.4. The second-order valence-corrected chi connectivity index (χ2v) is 9.18. The van der Waals surface area contributed by atoms with Gasteiger partial charge in [-0.3, -0.25) is 9.59 Å². The lowest BCUT2D eigenvalue weighted by Gasteiger charge is -2.18. The molecule has 1 saturated heterocycles. The largest absolute Gasteiger partial charge is 0.360 e. The maximum absolute atomic E-state index is 13.8. The van der Waals surface area contributed by atoms with Gasteiger partial charge >= 0.3 is 0 Å². The van der Waals surface area contributed by atoms with E-state index < -0.39 is 6.04 Å². The Morgan fingerprint density at radius 3 is 2.47 bits per heavy atom. The average molecular weight is 477 g/mol. The zero-order chi connectivity index (χ0) is 24.9. The summed E-state index contributed by atoms with van der Waals surface area (Å²) in [5.74, 6) is 0.0226. The number of nitrogens with one attached hydrogen (secondary N) is 2. The van der Waals surface area contributed by atoms with Crippen molar-refractivity contribution in [1.29, 1.82) is 5.26 Å². The number of hydrogen-bond donors (Lipinski definition) is 2. The lowest BCUT2D eigenvalue weighted by molar-refractivity contribution is 0.0792. The van der Waals surface area contributed by atoms with Gasteiger partial charge in [-0.25, -0.2) is 0 Å². The standard InChI is InChI=1S/C30H28N4O2/c31-19-22-10-8-21(9-11-22)14-15-32-28(23-6-2-1-3-7-23)29(35)26-20-33-27-18-24(12-13-25(26)27)30(36)34-16-4-5-17-34/h1-3,6-13,18,20,28,32-33H,4-5,14-17H2/t28-/m1/s1. The van der Waals surface area contributed by atoms with E-state index in [1.807, 2.05) is 77.7 Å². The predicted octanol–water partition coefficient (Wildman–Crippen LogP) is 5.03. The van der Waals surface area contributed by atoms with Crippen molar-refractivity contribution < 1.29 is 9.59 Å². The van der Waals surface area contributed by atoms with Crippen molar-refractivity contribution in [3.8, 4) is 6.07 Å². The lowest BCUT2D eigenvalue weighted by atomic mass is 9.96. The van der Waals surface area contributed by atoms with Crippen LogP contribution in [0.4, 0.5) is 0 Å². The number of Topliss-reactive ketones (excluding diaryl/α,β-unsaturated/α-hetero) is 1. The zero-order valence-corrected chi connectivity index (χ0v) is 20.0. The second-order valence-electron chi connectivity index (χ2n) is 9.18. The third-order valence-corrected chi connectivity index (χ3v) is 6.83. The molecular formula is C30H28N4O2. The maximum Gasteiger partial charge on any atom is 0.253 e. The molecule has 6 heteroatoms. The number of aromatic nitrogens is 1. The van der Waals surface area contributed by atoms with E-state index in [0.717, 1.165) is 54.4 Å². The Hall–Kier alpha value is -4.21. The minimum Gasteiger partial charge on any atom is -0.360 e. The number of likely N-dealkylation sites (tertiary alicyclic amines) is 1. The number of aromatic amines is 1. The Morgan fingerprint density at radius 1 is 1.00 bits per heavy atom. The van der Waals surface area contributed by atoms with Crippen LogP contribution >= 0.6 is 0 Å². The summed E-state index contributed by atoms with van der Waals surface area (Å²) in [5, 5.41) is 13.3. The molecule has 1 aromatic heterocycles. The molecule has 2 N–H and O–H groups in total. The number of rotatable bonds is 8. The van der Waals surface area contributed by atoms with Crippen LogP contribution in [-0.4, -0.2) is 41.2 Å². The predicted molar refractivity (Wildman–Crippen MR) is 140 cm³/mol. The zero-order valence-electron chi connectivity index (χ0n) is 20.0. The van der Waals surface area contributed by atoms with E-state index in [1.54, 1.807) is 6.20 Å². The van der Waals surface area contributed by atoms with Crippen LogP contribution in [0, 0.1) is 11.3 Å².